The minimum absolute atomic E-state index is 0.0221. The van der Waals surface area contributed by atoms with Crippen LogP contribution in [0.25, 0.3) is 0 Å². The van der Waals surface area contributed by atoms with Crippen LogP contribution in [0.15, 0.2) is 23.1 Å². The van der Waals surface area contributed by atoms with E-state index in [0.29, 0.717) is 22.0 Å². The summed E-state index contributed by atoms with van der Waals surface area (Å²) in [7, 11) is -1.80. The average molecular weight is 303 g/mol. The summed E-state index contributed by atoms with van der Waals surface area (Å²) in [6, 6.07) is 4.91. The lowest BCUT2D eigenvalue weighted by molar-refractivity contribution is 0.300. The molecular formula is C13H19ClN2O2S. The summed E-state index contributed by atoms with van der Waals surface area (Å²) < 4.78 is 26.7. The number of nitrogens with zero attached hydrogens (tertiary/aromatic N) is 1. The lowest BCUT2D eigenvalue weighted by Gasteiger charge is -2.31. The van der Waals surface area contributed by atoms with E-state index < -0.39 is 10.0 Å². The highest BCUT2D eigenvalue weighted by Crippen LogP contribution is 2.24. The predicted molar refractivity (Wildman–Crippen MR) is 77.0 cm³/mol. The summed E-state index contributed by atoms with van der Waals surface area (Å²) >= 11 is 5.88. The van der Waals surface area contributed by atoms with Gasteiger partial charge in [0.05, 0.1) is 4.90 Å². The van der Waals surface area contributed by atoms with Crippen LogP contribution in [0.4, 0.5) is 0 Å². The van der Waals surface area contributed by atoms with Gasteiger partial charge >= 0.3 is 0 Å². The van der Waals surface area contributed by atoms with E-state index in [4.69, 9.17) is 11.6 Å². The maximum absolute atomic E-state index is 12.6. The number of hydrogen-bond donors (Lipinski definition) is 1. The molecule has 0 spiro atoms. The van der Waals surface area contributed by atoms with Crippen LogP contribution in [-0.4, -0.2) is 38.9 Å². The summed E-state index contributed by atoms with van der Waals surface area (Å²) in [6.07, 6.45) is 1.90. The van der Waals surface area contributed by atoms with Crippen LogP contribution in [0, 0.1) is 6.92 Å². The normalized spacial score (nSPS) is 20.7. The second kappa shape index (κ2) is 5.79. The van der Waals surface area contributed by atoms with Crippen molar-refractivity contribution >= 4 is 21.6 Å². The molecule has 0 aliphatic carbocycles. The molecule has 106 valence electrons. The second-order valence-electron chi connectivity index (χ2n) is 4.93. The number of rotatable bonds is 3. The van der Waals surface area contributed by atoms with E-state index in [2.05, 4.69) is 5.32 Å². The van der Waals surface area contributed by atoms with Crippen molar-refractivity contribution in [1.82, 2.24) is 9.62 Å². The molecule has 0 amide bonds. The van der Waals surface area contributed by atoms with Crippen molar-refractivity contribution < 1.29 is 8.42 Å². The van der Waals surface area contributed by atoms with Crippen molar-refractivity contribution in [2.45, 2.75) is 30.7 Å². The molecule has 4 nitrogen and oxygen atoms in total. The van der Waals surface area contributed by atoms with Gasteiger partial charge in [0.25, 0.3) is 0 Å². The largest absolute Gasteiger partial charge is 0.315 e. The highest BCUT2D eigenvalue weighted by atomic mass is 35.5. The Hall–Kier alpha value is -0.620. The molecular weight excluding hydrogens is 284 g/mol. The van der Waals surface area contributed by atoms with Gasteiger partial charge in [-0.2, -0.15) is 4.31 Å². The summed E-state index contributed by atoms with van der Waals surface area (Å²) in [6.45, 7) is 3.44. The number of hydrogen-bond acceptors (Lipinski definition) is 3. The van der Waals surface area contributed by atoms with Crippen LogP contribution >= 0.6 is 11.6 Å². The van der Waals surface area contributed by atoms with E-state index in [1.807, 2.05) is 0 Å². The molecule has 2 rings (SSSR count). The summed E-state index contributed by atoms with van der Waals surface area (Å²) in [5.74, 6) is 0. The molecule has 1 saturated heterocycles. The first kappa shape index (κ1) is 14.8. The molecule has 0 aromatic heterocycles. The Kier molecular flexibility index (Phi) is 4.50. The van der Waals surface area contributed by atoms with Gasteiger partial charge in [0.15, 0.2) is 0 Å². The monoisotopic (exact) mass is 302 g/mol. The topological polar surface area (TPSA) is 49.4 Å². The first-order valence-electron chi connectivity index (χ1n) is 6.38. The molecule has 1 fully saturated rings. The Bertz CT molecular complexity index is 554. The number of halogens is 1. The molecule has 1 heterocycles. The maximum atomic E-state index is 12.6. The summed E-state index contributed by atoms with van der Waals surface area (Å²) in [4.78, 5) is 0.338. The van der Waals surface area contributed by atoms with Gasteiger partial charge in [-0.1, -0.05) is 11.6 Å². The van der Waals surface area contributed by atoms with Gasteiger partial charge in [-0.25, -0.2) is 8.42 Å². The molecule has 1 aromatic carbocycles. The smallest absolute Gasteiger partial charge is 0.243 e. The quantitative estimate of drug-likeness (QED) is 0.929. The van der Waals surface area contributed by atoms with Crippen molar-refractivity contribution in [1.29, 1.82) is 0 Å². The minimum Gasteiger partial charge on any atom is -0.315 e. The number of sulfonamides is 1. The van der Waals surface area contributed by atoms with Crippen LogP contribution in [-0.2, 0) is 10.0 Å². The summed E-state index contributed by atoms with van der Waals surface area (Å²) in [5, 5.41) is 3.79. The molecule has 0 radical (unpaired) electrons. The van der Waals surface area contributed by atoms with Gasteiger partial charge < -0.3 is 5.32 Å². The van der Waals surface area contributed by atoms with Crippen LogP contribution in [0.3, 0.4) is 0 Å². The third-order valence-electron chi connectivity index (χ3n) is 3.58. The molecule has 0 bridgehead atoms. The maximum Gasteiger partial charge on any atom is 0.243 e. The zero-order valence-electron chi connectivity index (χ0n) is 11.2. The van der Waals surface area contributed by atoms with Crippen molar-refractivity contribution in [3.8, 4) is 0 Å². The van der Waals surface area contributed by atoms with Crippen molar-refractivity contribution in [3.05, 3.63) is 28.8 Å². The van der Waals surface area contributed by atoms with E-state index in [1.165, 1.54) is 4.31 Å². The SMILES string of the molecule is Cc1cc(Cl)ccc1S(=O)(=O)N(C)C1CCCNC1. The Morgan fingerprint density at radius 2 is 2.16 bits per heavy atom. The number of aryl methyl sites for hydroxylation is 1. The van der Waals surface area contributed by atoms with Gasteiger partial charge in [-0.05, 0) is 50.1 Å². The number of likely N-dealkylation sites (N-methyl/N-ethyl adjacent to an activating group) is 1. The second-order valence-corrected chi connectivity index (χ2v) is 7.33. The molecule has 6 heteroatoms. The zero-order valence-corrected chi connectivity index (χ0v) is 12.8. The molecule has 1 aromatic rings. The Labute approximate surface area is 119 Å². The number of benzene rings is 1. The van der Waals surface area contributed by atoms with Crippen molar-refractivity contribution in [2.75, 3.05) is 20.1 Å². The lowest BCUT2D eigenvalue weighted by Crippen LogP contribution is -2.46. The van der Waals surface area contributed by atoms with Crippen molar-refractivity contribution in [3.63, 3.8) is 0 Å². The Morgan fingerprint density at radius 1 is 1.42 bits per heavy atom. The fraction of sp³-hybridized carbons (Fsp3) is 0.538. The molecule has 1 N–H and O–H groups in total. The third kappa shape index (κ3) is 3.11. The van der Waals surface area contributed by atoms with Crippen LogP contribution in [0.5, 0.6) is 0 Å². The average Bonchev–Trinajstić information content (AvgIpc) is 2.38. The highest BCUT2D eigenvalue weighted by Gasteiger charge is 2.29. The molecule has 19 heavy (non-hydrogen) atoms. The zero-order chi connectivity index (χ0) is 14.0. The molecule has 1 aliphatic heterocycles. The van der Waals surface area contributed by atoms with Crippen LogP contribution in [0.2, 0.25) is 5.02 Å². The van der Waals surface area contributed by atoms with E-state index in [1.54, 1.807) is 32.2 Å². The van der Waals surface area contributed by atoms with E-state index in [0.717, 1.165) is 19.4 Å². The van der Waals surface area contributed by atoms with E-state index in [9.17, 15) is 8.42 Å². The first-order chi connectivity index (χ1) is 8.93. The molecule has 0 saturated carbocycles. The van der Waals surface area contributed by atoms with Crippen LogP contribution in [0.1, 0.15) is 18.4 Å². The lowest BCUT2D eigenvalue weighted by atomic mass is 10.1. The number of piperidine rings is 1. The van der Waals surface area contributed by atoms with Gasteiger partial charge in [-0.15, -0.1) is 0 Å². The standard InChI is InChI=1S/C13H19ClN2O2S/c1-10-8-11(14)5-6-13(10)19(17,18)16(2)12-4-3-7-15-9-12/h5-6,8,12,15H,3-4,7,9H2,1-2H3. The Morgan fingerprint density at radius 3 is 2.74 bits per heavy atom. The Balaban J connectivity index is 2.30. The van der Waals surface area contributed by atoms with E-state index in [-0.39, 0.29) is 6.04 Å². The fourth-order valence-electron chi connectivity index (χ4n) is 2.40. The number of nitrogens with one attached hydrogen (secondary N) is 1. The third-order valence-corrected chi connectivity index (χ3v) is 5.88. The minimum atomic E-state index is -3.45. The van der Waals surface area contributed by atoms with Gasteiger partial charge in [0.2, 0.25) is 10.0 Å². The van der Waals surface area contributed by atoms with Gasteiger partial charge in [0.1, 0.15) is 0 Å². The summed E-state index contributed by atoms with van der Waals surface area (Å²) in [5.41, 5.74) is 0.683. The fourth-order valence-corrected chi connectivity index (χ4v) is 4.21. The molecule has 1 unspecified atom stereocenters. The highest BCUT2D eigenvalue weighted by molar-refractivity contribution is 7.89. The van der Waals surface area contributed by atoms with Crippen molar-refractivity contribution in [2.24, 2.45) is 0 Å². The van der Waals surface area contributed by atoms with Crippen LogP contribution < -0.4 is 5.32 Å². The molecule has 1 aliphatic rings. The molecule has 1 atom stereocenters. The first-order valence-corrected chi connectivity index (χ1v) is 8.19. The van der Waals surface area contributed by atoms with Gasteiger partial charge in [-0.3, -0.25) is 0 Å². The predicted octanol–water partition coefficient (Wildman–Crippen LogP) is 2.02. The van der Waals surface area contributed by atoms with E-state index >= 15 is 0 Å². The van der Waals surface area contributed by atoms with Gasteiger partial charge in [0, 0.05) is 24.7 Å².